The first kappa shape index (κ1) is 18.9. The van der Waals surface area contributed by atoms with Crippen molar-refractivity contribution >= 4 is 23.5 Å². The van der Waals surface area contributed by atoms with Crippen LogP contribution in [0.15, 0.2) is 54.6 Å². The van der Waals surface area contributed by atoms with Gasteiger partial charge in [0.2, 0.25) is 11.9 Å². The molecule has 0 atom stereocenters. The third-order valence-electron chi connectivity index (χ3n) is 4.01. The zero-order valence-corrected chi connectivity index (χ0v) is 16.1. The fraction of sp³-hybridized carbons (Fsp3) is 0.190. The minimum Gasteiger partial charge on any atom is -0.497 e. The van der Waals surface area contributed by atoms with E-state index in [4.69, 9.17) is 16.3 Å². The second-order valence-electron chi connectivity index (χ2n) is 6.34. The van der Waals surface area contributed by atoms with Gasteiger partial charge in [0.15, 0.2) is 0 Å². The van der Waals surface area contributed by atoms with E-state index in [1.54, 1.807) is 19.2 Å². The van der Waals surface area contributed by atoms with Crippen molar-refractivity contribution in [2.75, 3.05) is 12.4 Å². The van der Waals surface area contributed by atoms with Crippen molar-refractivity contribution in [3.63, 3.8) is 0 Å². The van der Waals surface area contributed by atoms with Crippen LogP contribution in [0.1, 0.15) is 13.8 Å². The van der Waals surface area contributed by atoms with E-state index in [0.29, 0.717) is 16.4 Å². The Morgan fingerprint density at radius 3 is 1.96 bits per heavy atom. The van der Waals surface area contributed by atoms with Gasteiger partial charge in [0.1, 0.15) is 5.75 Å². The van der Waals surface area contributed by atoms with E-state index in [-0.39, 0.29) is 17.8 Å². The Hall–Kier alpha value is -2.92. The van der Waals surface area contributed by atoms with Gasteiger partial charge in [0.25, 0.3) is 0 Å². The van der Waals surface area contributed by atoms with Gasteiger partial charge in [0, 0.05) is 22.1 Å². The van der Waals surface area contributed by atoms with Crippen molar-refractivity contribution in [2.24, 2.45) is 5.92 Å². The molecule has 0 radical (unpaired) electrons. The maximum atomic E-state index is 12.1. The molecule has 5 nitrogen and oxygen atoms in total. The van der Waals surface area contributed by atoms with Crippen LogP contribution >= 0.6 is 11.6 Å². The van der Waals surface area contributed by atoms with Crippen molar-refractivity contribution in [1.29, 1.82) is 0 Å². The maximum absolute atomic E-state index is 12.1. The van der Waals surface area contributed by atoms with Crippen molar-refractivity contribution in [3.8, 4) is 28.3 Å². The summed E-state index contributed by atoms with van der Waals surface area (Å²) in [4.78, 5) is 21.1. The maximum Gasteiger partial charge on any atom is 0.230 e. The fourth-order valence-corrected chi connectivity index (χ4v) is 2.56. The zero-order chi connectivity index (χ0) is 19.4. The lowest BCUT2D eigenvalue weighted by molar-refractivity contribution is -0.118. The van der Waals surface area contributed by atoms with Crippen molar-refractivity contribution in [2.45, 2.75) is 13.8 Å². The highest BCUT2D eigenvalue weighted by Crippen LogP contribution is 2.27. The number of anilines is 1. The molecule has 0 spiro atoms. The minimum absolute atomic E-state index is 0.135. The monoisotopic (exact) mass is 381 g/mol. The molecule has 1 heterocycles. The van der Waals surface area contributed by atoms with E-state index in [1.807, 2.05) is 56.3 Å². The molecule has 0 unspecified atom stereocenters. The standard InChI is InChI=1S/C21H20ClN3O2/c1-13(2)20(26)25-21-23-18(14-4-8-16(22)9-5-14)12-19(24-21)15-6-10-17(27-3)11-7-15/h4-13H,1-3H3,(H,23,24,25,26). The topological polar surface area (TPSA) is 64.1 Å². The molecule has 0 bridgehead atoms. The van der Waals surface area contributed by atoms with E-state index in [2.05, 4.69) is 15.3 Å². The zero-order valence-electron chi connectivity index (χ0n) is 15.4. The first-order valence-corrected chi connectivity index (χ1v) is 8.94. The Kier molecular flexibility index (Phi) is 5.72. The summed E-state index contributed by atoms with van der Waals surface area (Å²) in [5, 5.41) is 3.43. The second kappa shape index (κ2) is 8.18. The number of benzene rings is 2. The van der Waals surface area contributed by atoms with Gasteiger partial charge in [-0.05, 0) is 42.5 Å². The number of nitrogens with zero attached hydrogens (tertiary/aromatic N) is 2. The molecule has 0 aliphatic heterocycles. The fourth-order valence-electron chi connectivity index (χ4n) is 2.44. The number of aromatic nitrogens is 2. The van der Waals surface area contributed by atoms with Crippen LogP contribution in [0.2, 0.25) is 5.02 Å². The van der Waals surface area contributed by atoms with E-state index in [1.165, 1.54) is 0 Å². The predicted molar refractivity (Wildman–Crippen MR) is 108 cm³/mol. The van der Waals surface area contributed by atoms with Gasteiger partial charge in [-0.15, -0.1) is 0 Å². The number of carbonyl (C=O) groups is 1. The lowest BCUT2D eigenvalue weighted by Crippen LogP contribution is -2.19. The Balaban J connectivity index is 2.06. The molecule has 2 aromatic carbocycles. The number of methoxy groups -OCH3 is 1. The van der Waals surface area contributed by atoms with Gasteiger partial charge in [-0.3, -0.25) is 10.1 Å². The Bertz CT molecular complexity index is 939. The molecule has 1 aromatic heterocycles. The molecule has 3 aromatic rings. The number of halogens is 1. The summed E-state index contributed by atoms with van der Waals surface area (Å²) in [5.41, 5.74) is 3.19. The molecule has 27 heavy (non-hydrogen) atoms. The van der Waals surface area contributed by atoms with Gasteiger partial charge < -0.3 is 4.74 Å². The molecular formula is C21H20ClN3O2. The summed E-state index contributed by atoms with van der Waals surface area (Å²) in [6.45, 7) is 3.64. The number of hydrogen-bond donors (Lipinski definition) is 1. The third-order valence-corrected chi connectivity index (χ3v) is 4.26. The van der Waals surface area contributed by atoms with Crippen LogP contribution in [0.4, 0.5) is 5.95 Å². The quantitative estimate of drug-likeness (QED) is 0.670. The highest BCUT2D eigenvalue weighted by Gasteiger charge is 2.13. The molecule has 6 heteroatoms. The molecule has 0 saturated heterocycles. The lowest BCUT2D eigenvalue weighted by Gasteiger charge is -2.11. The molecule has 0 saturated carbocycles. The average Bonchev–Trinajstić information content (AvgIpc) is 2.68. The molecule has 0 fully saturated rings. The molecule has 3 rings (SSSR count). The summed E-state index contributed by atoms with van der Waals surface area (Å²) >= 11 is 5.99. The van der Waals surface area contributed by atoms with Crippen LogP contribution in [0.3, 0.4) is 0 Å². The van der Waals surface area contributed by atoms with Gasteiger partial charge in [0.05, 0.1) is 18.5 Å². The van der Waals surface area contributed by atoms with Crippen LogP contribution in [-0.2, 0) is 4.79 Å². The smallest absolute Gasteiger partial charge is 0.230 e. The Morgan fingerprint density at radius 1 is 0.963 bits per heavy atom. The number of nitrogens with one attached hydrogen (secondary N) is 1. The molecule has 1 N–H and O–H groups in total. The van der Waals surface area contributed by atoms with E-state index in [0.717, 1.165) is 16.9 Å². The SMILES string of the molecule is COc1ccc(-c2cc(-c3ccc(Cl)cc3)nc(NC(=O)C(C)C)n2)cc1. The Labute approximate surface area is 163 Å². The normalized spacial score (nSPS) is 10.7. The Morgan fingerprint density at radius 2 is 1.48 bits per heavy atom. The van der Waals surface area contributed by atoms with Crippen LogP contribution in [0.5, 0.6) is 5.75 Å². The lowest BCUT2D eigenvalue weighted by atomic mass is 10.1. The molecule has 1 amide bonds. The first-order chi connectivity index (χ1) is 13.0. The largest absolute Gasteiger partial charge is 0.497 e. The minimum atomic E-state index is -0.169. The van der Waals surface area contributed by atoms with Gasteiger partial charge in [-0.25, -0.2) is 9.97 Å². The van der Waals surface area contributed by atoms with Crippen molar-refractivity contribution in [1.82, 2.24) is 9.97 Å². The summed E-state index contributed by atoms with van der Waals surface area (Å²) in [6, 6.07) is 16.8. The van der Waals surface area contributed by atoms with E-state index in [9.17, 15) is 4.79 Å². The van der Waals surface area contributed by atoms with E-state index < -0.39 is 0 Å². The van der Waals surface area contributed by atoms with Crippen LogP contribution in [0, 0.1) is 5.92 Å². The van der Waals surface area contributed by atoms with Crippen molar-refractivity contribution < 1.29 is 9.53 Å². The van der Waals surface area contributed by atoms with Crippen molar-refractivity contribution in [3.05, 3.63) is 59.6 Å². The first-order valence-electron chi connectivity index (χ1n) is 8.56. The summed E-state index contributed by atoms with van der Waals surface area (Å²) in [6.07, 6.45) is 0. The number of rotatable bonds is 5. The molecule has 0 aliphatic rings. The van der Waals surface area contributed by atoms with Crippen LogP contribution in [-0.4, -0.2) is 23.0 Å². The summed E-state index contributed by atoms with van der Waals surface area (Å²) in [7, 11) is 1.62. The third kappa shape index (κ3) is 4.63. The average molecular weight is 382 g/mol. The highest BCUT2D eigenvalue weighted by atomic mass is 35.5. The highest BCUT2D eigenvalue weighted by molar-refractivity contribution is 6.30. The number of carbonyl (C=O) groups excluding carboxylic acids is 1. The van der Waals surface area contributed by atoms with Gasteiger partial charge in [-0.2, -0.15) is 0 Å². The number of amides is 1. The van der Waals surface area contributed by atoms with Gasteiger partial charge in [-0.1, -0.05) is 37.6 Å². The van der Waals surface area contributed by atoms with Gasteiger partial charge >= 0.3 is 0 Å². The molecule has 0 aliphatic carbocycles. The number of hydrogen-bond acceptors (Lipinski definition) is 4. The second-order valence-corrected chi connectivity index (χ2v) is 6.78. The van der Waals surface area contributed by atoms with Crippen LogP contribution in [0.25, 0.3) is 22.5 Å². The summed E-state index contributed by atoms with van der Waals surface area (Å²) in [5.74, 6) is 0.729. The van der Waals surface area contributed by atoms with E-state index >= 15 is 0 Å². The number of ether oxygens (including phenoxy) is 1. The summed E-state index contributed by atoms with van der Waals surface area (Å²) < 4.78 is 5.21. The predicted octanol–water partition coefficient (Wildman–Crippen LogP) is 5.07. The molecule has 138 valence electrons. The van der Waals surface area contributed by atoms with Crippen LogP contribution < -0.4 is 10.1 Å². The molecular weight excluding hydrogens is 362 g/mol.